The van der Waals surface area contributed by atoms with Crippen molar-refractivity contribution in [2.75, 3.05) is 0 Å². The van der Waals surface area contributed by atoms with Gasteiger partial charge in [-0.1, -0.05) is 67.2 Å². The first kappa shape index (κ1) is 16.4. The van der Waals surface area contributed by atoms with Crippen LogP contribution in [0.5, 0.6) is 0 Å². The number of fused-ring (bicyclic) bond motifs is 1. The van der Waals surface area contributed by atoms with Gasteiger partial charge in [0.2, 0.25) is 0 Å². The Morgan fingerprint density at radius 3 is 2.35 bits per heavy atom. The number of para-hydroxylation sites is 2. The van der Waals surface area contributed by atoms with Gasteiger partial charge in [-0.3, -0.25) is 4.57 Å². The molecule has 3 aromatic carbocycles. The second kappa shape index (κ2) is 6.66. The largest absolute Gasteiger partial charge is 0.292 e. The molecule has 0 spiro atoms. The Balaban J connectivity index is 2.08. The molecule has 0 saturated heterocycles. The first-order valence-electron chi connectivity index (χ1n) is 8.34. The SMILES string of the molecule is C=Cc1cccc(-c2nc3ccccc3n2-c2ccc(Cl)cc2)c1C=C. The topological polar surface area (TPSA) is 17.8 Å². The van der Waals surface area contributed by atoms with E-state index in [1.165, 1.54) is 0 Å². The molecule has 0 amide bonds. The first-order chi connectivity index (χ1) is 12.7. The number of rotatable bonds is 4. The van der Waals surface area contributed by atoms with Crippen LogP contribution < -0.4 is 0 Å². The average Bonchev–Trinajstić information content (AvgIpc) is 3.07. The van der Waals surface area contributed by atoms with Crippen LogP contribution in [0.4, 0.5) is 0 Å². The normalized spacial score (nSPS) is 10.8. The molecule has 0 saturated carbocycles. The maximum Gasteiger partial charge on any atom is 0.146 e. The zero-order valence-corrected chi connectivity index (χ0v) is 14.9. The fourth-order valence-electron chi connectivity index (χ4n) is 3.24. The third-order valence-electron chi connectivity index (χ3n) is 4.45. The van der Waals surface area contributed by atoms with Crippen molar-refractivity contribution in [1.82, 2.24) is 9.55 Å². The van der Waals surface area contributed by atoms with Crippen LogP contribution in [0.15, 0.2) is 79.9 Å². The van der Waals surface area contributed by atoms with Crippen molar-refractivity contribution in [3.63, 3.8) is 0 Å². The molecule has 1 aromatic heterocycles. The van der Waals surface area contributed by atoms with E-state index in [4.69, 9.17) is 16.6 Å². The molecule has 0 bridgehead atoms. The minimum atomic E-state index is 0.708. The summed E-state index contributed by atoms with van der Waals surface area (Å²) in [5.74, 6) is 0.868. The van der Waals surface area contributed by atoms with Crippen LogP contribution in [0.25, 0.3) is 40.3 Å². The number of halogens is 1. The summed E-state index contributed by atoms with van der Waals surface area (Å²) in [4.78, 5) is 4.91. The molecule has 1 heterocycles. The minimum absolute atomic E-state index is 0.708. The van der Waals surface area contributed by atoms with Gasteiger partial charge in [-0.15, -0.1) is 0 Å². The first-order valence-corrected chi connectivity index (χ1v) is 8.72. The van der Waals surface area contributed by atoms with Crippen molar-refractivity contribution in [2.45, 2.75) is 0 Å². The quantitative estimate of drug-likeness (QED) is 0.401. The van der Waals surface area contributed by atoms with Gasteiger partial charge >= 0.3 is 0 Å². The number of benzene rings is 3. The highest BCUT2D eigenvalue weighted by atomic mass is 35.5. The average molecular weight is 357 g/mol. The van der Waals surface area contributed by atoms with E-state index in [1.807, 2.05) is 66.7 Å². The summed E-state index contributed by atoms with van der Waals surface area (Å²) in [6.07, 6.45) is 3.70. The Morgan fingerprint density at radius 1 is 0.846 bits per heavy atom. The molecule has 2 nitrogen and oxygen atoms in total. The molecule has 0 fully saturated rings. The number of hydrogen-bond donors (Lipinski definition) is 0. The molecule has 0 unspecified atom stereocenters. The lowest BCUT2D eigenvalue weighted by Crippen LogP contribution is -1.99. The van der Waals surface area contributed by atoms with Crippen molar-refractivity contribution < 1.29 is 0 Å². The molecule has 0 atom stereocenters. The lowest BCUT2D eigenvalue weighted by molar-refractivity contribution is 1.10. The van der Waals surface area contributed by atoms with Gasteiger partial charge in [0.1, 0.15) is 5.82 Å². The van der Waals surface area contributed by atoms with Gasteiger partial charge in [0, 0.05) is 16.3 Å². The zero-order valence-electron chi connectivity index (χ0n) is 14.2. The van der Waals surface area contributed by atoms with Gasteiger partial charge in [-0.25, -0.2) is 4.98 Å². The van der Waals surface area contributed by atoms with Gasteiger partial charge < -0.3 is 0 Å². The van der Waals surface area contributed by atoms with E-state index in [2.05, 4.69) is 29.9 Å². The monoisotopic (exact) mass is 356 g/mol. The van der Waals surface area contributed by atoms with Gasteiger partial charge in [0.25, 0.3) is 0 Å². The van der Waals surface area contributed by atoms with E-state index in [0.717, 1.165) is 39.2 Å². The standard InChI is InChI=1S/C23H17ClN2/c1-3-16-8-7-9-20(19(16)4-2)23-25-21-10-5-6-11-22(21)26(23)18-14-12-17(24)13-15-18/h3-15H,1-2H2. The predicted molar refractivity (Wildman–Crippen MR) is 112 cm³/mol. The third-order valence-corrected chi connectivity index (χ3v) is 4.70. The second-order valence-corrected chi connectivity index (χ2v) is 6.39. The zero-order chi connectivity index (χ0) is 18.1. The molecular weight excluding hydrogens is 340 g/mol. The Bertz CT molecular complexity index is 1120. The molecule has 0 aliphatic heterocycles. The Labute approximate surface area is 157 Å². The number of imidazole rings is 1. The van der Waals surface area contributed by atoms with Crippen LogP contribution in [0, 0.1) is 0 Å². The molecule has 0 aliphatic carbocycles. The molecular formula is C23H17ClN2. The molecule has 4 aromatic rings. The Kier molecular flexibility index (Phi) is 4.19. The Morgan fingerprint density at radius 2 is 1.62 bits per heavy atom. The van der Waals surface area contributed by atoms with Crippen LogP contribution in [0.3, 0.4) is 0 Å². The van der Waals surface area contributed by atoms with Crippen LogP contribution in [0.2, 0.25) is 5.02 Å². The highest BCUT2D eigenvalue weighted by Gasteiger charge is 2.17. The summed E-state index contributed by atoms with van der Waals surface area (Å²) in [5.41, 5.74) is 6.07. The highest BCUT2D eigenvalue weighted by molar-refractivity contribution is 6.30. The van der Waals surface area contributed by atoms with Crippen molar-refractivity contribution in [2.24, 2.45) is 0 Å². The lowest BCUT2D eigenvalue weighted by atomic mass is 10.00. The summed E-state index contributed by atoms with van der Waals surface area (Å²) in [5, 5.41) is 0.708. The van der Waals surface area contributed by atoms with Crippen LogP contribution in [-0.4, -0.2) is 9.55 Å². The summed E-state index contributed by atoms with van der Waals surface area (Å²) < 4.78 is 2.15. The molecule has 0 aliphatic rings. The predicted octanol–water partition coefficient (Wildman–Crippen LogP) is 6.63. The van der Waals surface area contributed by atoms with Crippen molar-refractivity contribution >= 4 is 34.8 Å². The van der Waals surface area contributed by atoms with E-state index in [0.29, 0.717) is 5.02 Å². The van der Waals surface area contributed by atoms with E-state index >= 15 is 0 Å². The third kappa shape index (κ3) is 2.65. The second-order valence-electron chi connectivity index (χ2n) is 5.95. The smallest absolute Gasteiger partial charge is 0.146 e. The summed E-state index contributed by atoms with van der Waals surface area (Å²) in [7, 11) is 0. The van der Waals surface area contributed by atoms with Crippen LogP contribution in [-0.2, 0) is 0 Å². The maximum absolute atomic E-state index is 6.09. The van der Waals surface area contributed by atoms with E-state index < -0.39 is 0 Å². The van der Waals surface area contributed by atoms with Gasteiger partial charge in [0.05, 0.1) is 11.0 Å². The molecule has 3 heteroatoms. The van der Waals surface area contributed by atoms with Crippen molar-refractivity contribution in [1.29, 1.82) is 0 Å². The fourth-order valence-corrected chi connectivity index (χ4v) is 3.37. The van der Waals surface area contributed by atoms with E-state index in [1.54, 1.807) is 0 Å². The van der Waals surface area contributed by atoms with Gasteiger partial charge in [0.15, 0.2) is 0 Å². The van der Waals surface area contributed by atoms with Crippen molar-refractivity contribution in [3.05, 3.63) is 96.0 Å². The van der Waals surface area contributed by atoms with E-state index in [-0.39, 0.29) is 0 Å². The van der Waals surface area contributed by atoms with E-state index in [9.17, 15) is 0 Å². The molecule has 0 radical (unpaired) electrons. The molecule has 0 N–H and O–H groups in total. The lowest BCUT2D eigenvalue weighted by Gasteiger charge is -2.13. The number of aromatic nitrogens is 2. The maximum atomic E-state index is 6.09. The number of hydrogen-bond acceptors (Lipinski definition) is 1. The van der Waals surface area contributed by atoms with Gasteiger partial charge in [-0.2, -0.15) is 0 Å². The summed E-state index contributed by atoms with van der Waals surface area (Å²) in [6, 6.07) is 22.0. The van der Waals surface area contributed by atoms with Gasteiger partial charge in [-0.05, 0) is 47.5 Å². The minimum Gasteiger partial charge on any atom is -0.292 e. The van der Waals surface area contributed by atoms with Crippen LogP contribution >= 0.6 is 11.6 Å². The fraction of sp³-hybridized carbons (Fsp3) is 0. The highest BCUT2D eigenvalue weighted by Crippen LogP contribution is 2.33. The van der Waals surface area contributed by atoms with Crippen molar-refractivity contribution in [3.8, 4) is 17.1 Å². The summed E-state index contributed by atoms with van der Waals surface area (Å²) >= 11 is 6.09. The molecule has 126 valence electrons. The van der Waals surface area contributed by atoms with Crippen LogP contribution in [0.1, 0.15) is 11.1 Å². The Hall–Kier alpha value is -3.10. The number of nitrogens with zero attached hydrogens (tertiary/aromatic N) is 2. The summed E-state index contributed by atoms with van der Waals surface area (Å²) in [6.45, 7) is 7.91. The molecule has 26 heavy (non-hydrogen) atoms. The molecule has 4 rings (SSSR count).